The number of methoxy groups -OCH3 is 1. The second kappa shape index (κ2) is 10.00. The normalized spacial score (nSPS) is 16.5. The number of nitrogens with zero attached hydrogens (tertiary/aromatic N) is 5. The standard InChI is InChI=1S/C23H33N5O2/c1-17-8-6-7-9-18(17)14-27(4)16-21-24-20(13-22(25-21)26(2)3)19-12-23(29)28(15-19)10-11-30-5/h6-9,13,19H,10-12,14-16H2,1-5H3/t19-/m0/s1. The van der Waals surface area contributed by atoms with Gasteiger partial charge < -0.3 is 14.5 Å². The molecule has 1 fully saturated rings. The van der Waals surface area contributed by atoms with Crippen LogP contribution in [0.1, 0.15) is 35.0 Å². The summed E-state index contributed by atoms with van der Waals surface area (Å²) in [5, 5.41) is 0. The molecule has 30 heavy (non-hydrogen) atoms. The van der Waals surface area contributed by atoms with Gasteiger partial charge in [-0.1, -0.05) is 24.3 Å². The number of likely N-dealkylation sites (tertiary alicyclic amines) is 1. The lowest BCUT2D eigenvalue weighted by molar-refractivity contribution is -0.128. The van der Waals surface area contributed by atoms with Gasteiger partial charge in [0, 0.05) is 59.2 Å². The van der Waals surface area contributed by atoms with Gasteiger partial charge in [-0.3, -0.25) is 9.69 Å². The van der Waals surface area contributed by atoms with Crippen molar-refractivity contribution in [3.8, 4) is 0 Å². The van der Waals surface area contributed by atoms with Gasteiger partial charge in [-0.2, -0.15) is 0 Å². The van der Waals surface area contributed by atoms with E-state index in [2.05, 4.69) is 43.1 Å². The van der Waals surface area contributed by atoms with E-state index < -0.39 is 0 Å². The Bertz CT molecular complexity index is 870. The molecule has 0 N–H and O–H groups in total. The minimum atomic E-state index is 0.0940. The van der Waals surface area contributed by atoms with Crippen molar-refractivity contribution in [2.24, 2.45) is 0 Å². The Labute approximate surface area is 179 Å². The van der Waals surface area contributed by atoms with Crippen molar-refractivity contribution in [2.75, 3.05) is 52.8 Å². The molecular weight excluding hydrogens is 378 g/mol. The van der Waals surface area contributed by atoms with Crippen LogP contribution in [0.3, 0.4) is 0 Å². The van der Waals surface area contributed by atoms with Gasteiger partial charge in [-0.15, -0.1) is 0 Å². The minimum absolute atomic E-state index is 0.0940. The van der Waals surface area contributed by atoms with Gasteiger partial charge in [0.1, 0.15) is 11.6 Å². The molecule has 0 radical (unpaired) electrons. The molecule has 162 valence electrons. The van der Waals surface area contributed by atoms with E-state index in [1.54, 1.807) is 7.11 Å². The largest absolute Gasteiger partial charge is 0.383 e. The molecule has 0 unspecified atom stereocenters. The first-order valence-electron chi connectivity index (χ1n) is 10.4. The summed E-state index contributed by atoms with van der Waals surface area (Å²) < 4.78 is 5.13. The topological polar surface area (TPSA) is 61.8 Å². The number of amides is 1. The Morgan fingerprint density at radius 2 is 1.93 bits per heavy atom. The SMILES string of the molecule is COCCN1C[C@@H](c2cc(N(C)C)nc(CN(C)Cc3ccccc3C)n2)CC1=O. The van der Waals surface area contributed by atoms with Crippen LogP contribution in [0.25, 0.3) is 0 Å². The van der Waals surface area contributed by atoms with Crippen molar-refractivity contribution in [3.63, 3.8) is 0 Å². The van der Waals surface area contributed by atoms with E-state index in [0.29, 0.717) is 32.7 Å². The Kier molecular flexibility index (Phi) is 7.39. The number of aromatic nitrogens is 2. The van der Waals surface area contributed by atoms with Gasteiger partial charge in [0.2, 0.25) is 5.91 Å². The van der Waals surface area contributed by atoms with Crippen LogP contribution in [0.2, 0.25) is 0 Å². The molecule has 1 aromatic carbocycles. The van der Waals surface area contributed by atoms with Crippen molar-refractivity contribution in [3.05, 3.63) is 53.0 Å². The monoisotopic (exact) mass is 411 g/mol. The third kappa shape index (κ3) is 5.55. The van der Waals surface area contributed by atoms with Crippen LogP contribution in [0, 0.1) is 6.92 Å². The third-order valence-corrected chi connectivity index (χ3v) is 5.55. The maximum absolute atomic E-state index is 12.4. The van der Waals surface area contributed by atoms with Crippen LogP contribution < -0.4 is 4.90 Å². The van der Waals surface area contributed by atoms with E-state index >= 15 is 0 Å². The second-order valence-corrected chi connectivity index (χ2v) is 8.29. The summed E-state index contributed by atoms with van der Waals surface area (Å²) in [5.41, 5.74) is 3.54. The molecule has 2 heterocycles. The molecule has 1 saturated heterocycles. The number of carbonyl (C=O) groups excluding carboxylic acids is 1. The van der Waals surface area contributed by atoms with Crippen molar-refractivity contribution in [2.45, 2.75) is 32.4 Å². The maximum Gasteiger partial charge on any atom is 0.223 e. The Morgan fingerprint density at radius 3 is 2.63 bits per heavy atom. The van der Waals surface area contributed by atoms with Crippen molar-refractivity contribution < 1.29 is 9.53 Å². The third-order valence-electron chi connectivity index (χ3n) is 5.55. The average molecular weight is 412 g/mol. The highest BCUT2D eigenvalue weighted by Crippen LogP contribution is 2.28. The number of rotatable bonds is 9. The van der Waals surface area contributed by atoms with E-state index in [1.807, 2.05) is 30.0 Å². The van der Waals surface area contributed by atoms with Crippen LogP contribution >= 0.6 is 0 Å². The minimum Gasteiger partial charge on any atom is -0.383 e. The Morgan fingerprint density at radius 1 is 1.17 bits per heavy atom. The summed E-state index contributed by atoms with van der Waals surface area (Å²) in [6.07, 6.45) is 0.492. The molecule has 2 aromatic rings. The Balaban J connectivity index is 1.76. The van der Waals surface area contributed by atoms with Crippen molar-refractivity contribution >= 4 is 11.7 Å². The van der Waals surface area contributed by atoms with Gasteiger partial charge in [-0.25, -0.2) is 9.97 Å². The molecule has 1 atom stereocenters. The lowest BCUT2D eigenvalue weighted by Crippen LogP contribution is -2.28. The number of ether oxygens (including phenoxy) is 1. The summed E-state index contributed by atoms with van der Waals surface area (Å²) >= 11 is 0. The zero-order valence-electron chi connectivity index (χ0n) is 18.8. The molecule has 0 saturated carbocycles. The molecule has 7 heteroatoms. The molecule has 1 aromatic heterocycles. The molecule has 3 rings (SSSR count). The van der Waals surface area contributed by atoms with Gasteiger partial charge in [-0.05, 0) is 25.1 Å². The van der Waals surface area contributed by atoms with Gasteiger partial charge in [0.15, 0.2) is 0 Å². The highest BCUT2D eigenvalue weighted by molar-refractivity contribution is 5.79. The lowest BCUT2D eigenvalue weighted by atomic mass is 10.0. The second-order valence-electron chi connectivity index (χ2n) is 8.29. The highest BCUT2D eigenvalue weighted by atomic mass is 16.5. The molecule has 0 spiro atoms. The van der Waals surface area contributed by atoms with Crippen molar-refractivity contribution in [1.29, 1.82) is 0 Å². The number of carbonyl (C=O) groups is 1. The number of hydrogen-bond donors (Lipinski definition) is 0. The van der Waals surface area contributed by atoms with Crippen LogP contribution in [0.4, 0.5) is 5.82 Å². The van der Waals surface area contributed by atoms with Crippen LogP contribution in [0.15, 0.2) is 30.3 Å². The summed E-state index contributed by atoms with van der Waals surface area (Å²) in [5.74, 6) is 1.92. The number of anilines is 1. The Hall–Kier alpha value is -2.51. The quantitative estimate of drug-likeness (QED) is 0.632. The fraction of sp³-hybridized carbons (Fsp3) is 0.522. The average Bonchev–Trinajstić information content (AvgIpc) is 3.08. The van der Waals surface area contributed by atoms with Crippen LogP contribution in [-0.4, -0.2) is 73.6 Å². The van der Waals surface area contributed by atoms with E-state index in [-0.39, 0.29) is 11.8 Å². The number of benzene rings is 1. The summed E-state index contributed by atoms with van der Waals surface area (Å²) in [6, 6.07) is 10.4. The van der Waals surface area contributed by atoms with E-state index in [4.69, 9.17) is 14.7 Å². The van der Waals surface area contributed by atoms with Crippen molar-refractivity contribution in [1.82, 2.24) is 19.8 Å². The highest BCUT2D eigenvalue weighted by Gasteiger charge is 2.32. The molecule has 1 aliphatic rings. The fourth-order valence-electron chi connectivity index (χ4n) is 3.78. The van der Waals surface area contributed by atoms with E-state index in [9.17, 15) is 4.79 Å². The summed E-state index contributed by atoms with van der Waals surface area (Å²) in [6.45, 7) is 5.49. The predicted molar refractivity (Wildman–Crippen MR) is 119 cm³/mol. The van der Waals surface area contributed by atoms with Gasteiger partial charge >= 0.3 is 0 Å². The summed E-state index contributed by atoms with van der Waals surface area (Å²) in [7, 11) is 7.71. The molecule has 0 bridgehead atoms. The van der Waals surface area contributed by atoms with Crippen LogP contribution in [-0.2, 0) is 22.6 Å². The predicted octanol–water partition coefficient (Wildman–Crippen LogP) is 2.45. The van der Waals surface area contributed by atoms with Gasteiger partial charge in [0.05, 0.1) is 18.8 Å². The summed E-state index contributed by atoms with van der Waals surface area (Å²) in [4.78, 5) is 28.1. The number of aryl methyl sites for hydroxylation is 1. The smallest absolute Gasteiger partial charge is 0.223 e. The fourth-order valence-corrected chi connectivity index (χ4v) is 3.78. The zero-order chi connectivity index (χ0) is 21.7. The molecular formula is C23H33N5O2. The molecule has 7 nitrogen and oxygen atoms in total. The van der Waals surface area contributed by atoms with Crippen LogP contribution in [0.5, 0.6) is 0 Å². The first-order chi connectivity index (χ1) is 14.4. The first kappa shape index (κ1) is 22.2. The maximum atomic E-state index is 12.4. The zero-order valence-corrected chi connectivity index (χ0v) is 18.8. The number of hydrogen-bond acceptors (Lipinski definition) is 6. The lowest BCUT2D eigenvalue weighted by Gasteiger charge is -2.21. The molecule has 1 amide bonds. The molecule has 0 aliphatic carbocycles. The van der Waals surface area contributed by atoms with E-state index in [0.717, 1.165) is 23.9 Å². The molecule has 1 aliphatic heterocycles. The van der Waals surface area contributed by atoms with Gasteiger partial charge in [0.25, 0.3) is 0 Å². The van der Waals surface area contributed by atoms with E-state index in [1.165, 1.54) is 11.1 Å². The first-order valence-corrected chi connectivity index (χ1v) is 10.4.